The zero-order chi connectivity index (χ0) is 14.5. The van der Waals surface area contributed by atoms with Crippen molar-refractivity contribution in [3.05, 3.63) is 58.1 Å². The third-order valence-corrected chi connectivity index (χ3v) is 3.56. The van der Waals surface area contributed by atoms with Crippen LogP contribution >= 0.6 is 15.9 Å². The van der Waals surface area contributed by atoms with Crippen molar-refractivity contribution in [3.8, 4) is 5.75 Å². The molecule has 2 rings (SSSR count). The van der Waals surface area contributed by atoms with Crippen molar-refractivity contribution in [2.24, 2.45) is 5.10 Å². The molecule has 0 atom stereocenters. The van der Waals surface area contributed by atoms with E-state index in [-0.39, 0.29) is 0 Å². The Labute approximate surface area is 127 Å². The molecule has 0 fully saturated rings. The van der Waals surface area contributed by atoms with Gasteiger partial charge in [0.25, 0.3) is 0 Å². The zero-order valence-corrected chi connectivity index (χ0v) is 13.4. The van der Waals surface area contributed by atoms with E-state index < -0.39 is 0 Å². The van der Waals surface area contributed by atoms with Crippen molar-refractivity contribution in [1.82, 2.24) is 0 Å². The monoisotopic (exact) mass is 332 g/mol. The third-order valence-electron chi connectivity index (χ3n) is 2.94. The van der Waals surface area contributed by atoms with Crippen LogP contribution in [0.4, 0.5) is 5.69 Å². The minimum absolute atomic E-state index is 0.813. The number of methoxy groups -OCH3 is 1. The number of aryl methyl sites for hydroxylation is 1. The maximum Gasteiger partial charge on any atom is 0.133 e. The molecule has 2 aromatic rings. The van der Waals surface area contributed by atoms with Crippen LogP contribution in [0.2, 0.25) is 0 Å². The lowest BCUT2D eigenvalue weighted by molar-refractivity contribution is 0.412. The largest absolute Gasteiger partial charge is 0.496 e. The van der Waals surface area contributed by atoms with Crippen molar-refractivity contribution in [2.75, 3.05) is 12.5 Å². The standard InChI is InChI=1S/C16H17BrN2O/c1-11-5-4-6-14(9-11)19-18-12(2)13-7-8-16(20-3)15(17)10-13/h4-10,19H,1-3H3/b18-12-. The highest BCUT2D eigenvalue weighted by atomic mass is 79.9. The maximum atomic E-state index is 5.22. The van der Waals surface area contributed by atoms with Crippen LogP contribution < -0.4 is 10.2 Å². The van der Waals surface area contributed by atoms with E-state index in [4.69, 9.17) is 4.74 Å². The van der Waals surface area contributed by atoms with E-state index in [2.05, 4.69) is 45.5 Å². The third kappa shape index (κ3) is 3.61. The van der Waals surface area contributed by atoms with Gasteiger partial charge in [0.05, 0.1) is 23.0 Å². The summed E-state index contributed by atoms with van der Waals surface area (Å²) in [5.74, 6) is 0.813. The number of anilines is 1. The number of hydrazone groups is 1. The topological polar surface area (TPSA) is 33.6 Å². The molecule has 0 aliphatic heterocycles. The predicted octanol–water partition coefficient (Wildman–Crippen LogP) is 4.60. The summed E-state index contributed by atoms with van der Waals surface area (Å²) in [5, 5.41) is 4.41. The molecule has 0 heterocycles. The van der Waals surface area contributed by atoms with Gasteiger partial charge in [0.15, 0.2) is 0 Å². The van der Waals surface area contributed by atoms with Gasteiger partial charge < -0.3 is 4.74 Å². The van der Waals surface area contributed by atoms with Gasteiger partial charge in [-0.15, -0.1) is 0 Å². The summed E-state index contributed by atoms with van der Waals surface area (Å²) in [7, 11) is 1.65. The minimum atomic E-state index is 0.813. The molecule has 0 radical (unpaired) electrons. The molecule has 0 saturated heterocycles. The van der Waals surface area contributed by atoms with Crippen LogP contribution in [-0.4, -0.2) is 12.8 Å². The Morgan fingerprint density at radius 3 is 2.65 bits per heavy atom. The Morgan fingerprint density at radius 1 is 1.20 bits per heavy atom. The lowest BCUT2D eigenvalue weighted by Crippen LogP contribution is -2.00. The van der Waals surface area contributed by atoms with Gasteiger partial charge in [0.2, 0.25) is 0 Å². The van der Waals surface area contributed by atoms with Gasteiger partial charge in [-0.05, 0) is 71.2 Å². The minimum Gasteiger partial charge on any atom is -0.496 e. The fourth-order valence-corrected chi connectivity index (χ4v) is 2.36. The number of halogens is 1. The van der Waals surface area contributed by atoms with E-state index in [1.54, 1.807) is 7.11 Å². The van der Waals surface area contributed by atoms with Crippen molar-refractivity contribution in [3.63, 3.8) is 0 Å². The van der Waals surface area contributed by atoms with Crippen molar-refractivity contribution in [2.45, 2.75) is 13.8 Å². The summed E-state index contributed by atoms with van der Waals surface area (Å²) < 4.78 is 6.14. The van der Waals surface area contributed by atoms with Gasteiger partial charge in [-0.25, -0.2) is 0 Å². The zero-order valence-electron chi connectivity index (χ0n) is 11.8. The normalized spacial score (nSPS) is 11.3. The number of ether oxygens (including phenoxy) is 1. The van der Waals surface area contributed by atoms with Crippen LogP contribution in [0.15, 0.2) is 52.0 Å². The Balaban J connectivity index is 2.16. The highest BCUT2D eigenvalue weighted by molar-refractivity contribution is 9.10. The summed E-state index contributed by atoms with van der Waals surface area (Å²) in [4.78, 5) is 0. The first-order chi connectivity index (χ1) is 9.60. The molecule has 0 saturated carbocycles. The summed E-state index contributed by atoms with van der Waals surface area (Å²) in [5.41, 5.74) is 7.21. The van der Waals surface area contributed by atoms with E-state index in [1.807, 2.05) is 37.3 Å². The Morgan fingerprint density at radius 2 is 2.00 bits per heavy atom. The Bertz CT molecular complexity index is 638. The lowest BCUT2D eigenvalue weighted by atomic mass is 10.1. The number of hydrogen-bond acceptors (Lipinski definition) is 3. The fourth-order valence-electron chi connectivity index (χ4n) is 1.82. The first-order valence-electron chi connectivity index (χ1n) is 6.31. The molecule has 0 aliphatic rings. The molecule has 4 heteroatoms. The Kier molecular flexibility index (Phi) is 4.79. The number of nitrogens with one attached hydrogen (secondary N) is 1. The Hall–Kier alpha value is -1.81. The van der Waals surface area contributed by atoms with Gasteiger partial charge >= 0.3 is 0 Å². The highest BCUT2D eigenvalue weighted by Gasteiger charge is 2.03. The van der Waals surface area contributed by atoms with Gasteiger partial charge in [-0.3, -0.25) is 5.43 Å². The molecule has 0 spiro atoms. The SMILES string of the molecule is COc1ccc(/C(C)=N\Nc2cccc(C)c2)cc1Br. The van der Waals surface area contributed by atoms with Gasteiger partial charge in [0, 0.05) is 0 Å². The second kappa shape index (κ2) is 6.57. The molecule has 1 N–H and O–H groups in total. The van der Waals surface area contributed by atoms with Gasteiger partial charge in [0.1, 0.15) is 5.75 Å². The van der Waals surface area contributed by atoms with Crippen LogP contribution in [0.25, 0.3) is 0 Å². The number of nitrogens with zero attached hydrogens (tertiary/aromatic N) is 1. The number of rotatable bonds is 4. The fraction of sp³-hybridized carbons (Fsp3) is 0.188. The molecule has 0 unspecified atom stereocenters. The van der Waals surface area contributed by atoms with Crippen molar-refractivity contribution >= 4 is 27.3 Å². The summed E-state index contributed by atoms with van der Waals surface area (Å²) in [6.45, 7) is 4.03. The molecule has 0 aromatic heterocycles. The molecular formula is C16H17BrN2O. The summed E-state index contributed by atoms with van der Waals surface area (Å²) >= 11 is 3.48. The van der Waals surface area contributed by atoms with E-state index in [0.717, 1.165) is 27.2 Å². The second-order valence-electron chi connectivity index (χ2n) is 4.53. The van der Waals surface area contributed by atoms with Crippen LogP contribution in [0.3, 0.4) is 0 Å². The van der Waals surface area contributed by atoms with E-state index in [0.29, 0.717) is 0 Å². The van der Waals surface area contributed by atoms with Crippen LogP contribution in [0, 0.1) is 6.92 Å². The molecule has 104 valence electrons. The van der Waals surface area contributed by atoms with E-state index >= 15 is 0 Å². The number of benzene rings is 2. The number of hydrogen-bond donors (Lipinski definition) is 1. The molecule has 0 amide bonds. The smallest absolute Gasteiger partial charge is 0.133 e. The predicted molar refractivity (Wildman–Crippen MR) is 87.7 cm³/mol. The second-order valence-corrected chi connectivity index (χ2v) is 5.38. The van der Waals surface area contributed by atoms with Crippen LogP contribution in [0.1, 0.15) is 18.1 Å². The first-order valence-corrected chi connectivity index (χ1v) is 7.10. The van der Waals surface area contributed by atoms with Crippen molar-refractivity contribution < 1.29 is 4.74 Å². The average Bonchev–Trinajstić information content (AvgIpc) is 2.44. The average molecular weight is 333 g/mol. The molecule has 0 aliphatic carbocycles. The molecule has 2 aromatic carbocycles. The van der Waals surface area contributed by atoms with Gasteiger partial charge in [-0.1, -0.05) is 12.1 Å². The molecule has 0 bridgehead atoms. The highest BCUT2D eigenvalue weighted by Crippen LogP contribution is 2.25. The summed E-state index contributed by atoms with van der Waals surface area (Å²) in [6.07, 6.45) is 0. The quantitative estimate of drug-likeness (QED) is 0.655. The summed E-state index contributed by atoms with van der Waals surface area (Å²) in [6, 6.07) is 14.0. The van der Waals surface area contributed by atoms with Crippen LogP contribution in [0.5, 0.6) is 5.75 Å². The van der Waals surface area contributed by atoms with Crippen molar-refractivity contribution in [1.29, 1.82) is 0 Å². The molecule has 3 nitrogen and oxygen atoms in total. The lowest BCUT2D eigenvalue weighted by Gasteiger charge is -2.07. The molecular weight excluding hydrogens is 316 g/mol. The van der Waals surface area contributed by atoms with E-state index in [1.165, 1.54) is 5.56 Å². The molecule has 20 heavy (non-hydrogen) atoms. The first kappa shape index (κ1) is 14.6. The maximum absolute atomic E-state index is 5.22. The van der Waals surface area contributed by atoms with E-state index in [9.17, 15) is 0 Å². The van der Waals surface area contributed by atoms with Crippen LogP contribution in [-0.2, 0) is 0 Å². The van der Waals surface area contributed by atoms with Gasteiger partial charge in [-0.2, -0.15) is 5.10 Å².